The normalized spacial score (nSPS) is 18.5. The van der Waals surface area contributed by atoms with Crippen LogP contribution in [0.5, 0.6) is 0 Å². The Morgan fingerprint density at radius 2 is 1.93 bits per heavy atom. The van der Waals surface area contributed by atoms with Crippen molar-refractivity contribution in [1.29, 1.82) is 0 Å². The van der Waals surface area contributed by atoms with E-state index >= 15 is 0 Å². The lowest BCUT2D eigenvalue weighted by molar-refractivity contribution is -0.102. The summed E-state index contributed by atoms with van der Waals surface area (Å²) in [7, 11) is 0. The molecule has 0 amide bonds. The van der Waals surface area contributed by atoms with E-state index in [9.17, 15) is 4.79 Å². The second-order valence-corrected chi connectivity index (χ2v) is 7.83. The van der Waals surface area contributed by atoms with Gasteiger partial charge in [0.1, 0.15) is 5.60 Å². The van der Waals surface area contributed by atoms with Crippen molar-refractivity contribution in [2.45, 2.75) is 31.4 Å². The van der Waals surface area contributed by atoms with E-state index < -0.39 is 0 Å². The van der Waals surface area contributed by atoms with Crippen LogP contribution in [0.3, 0.4) is 0 Å². The van der Waals surface area contributed by atoms with E-state index in [4.69, 9.17) is 9.72 Å². The molecule has 0 atom stereocenters. The van der Waals surface area contributed by atoms with Gasteiger partial charge in [0, 0.05) is 43.2 Å². The Balaban J connectivity index is 1.39. The molecule has 1 saturated heterocycles. The van der Waals surface area contributed by atoms with Crippen molar-refractivity contribution in [3.63, 3.8) is 0 Å². The van der Waals surface area contributed by atoms with Crippen LogP contribution in [0.1, 0.15) is 29.7 Å². The highest BCUT2D eigenvalue weighted by Gasteiger charge is 2.42. The maximum Gasteiger partial charge on any atom is 0.252 e. The Morgan fingerprint density at radius 1 is 1.10 bits per heavy atom. The fraction of sp³-hybridized carbons (Fsp3) is 0.348. The third kappa shape index (κ3) is 3.50. The molecule has 2 aliphatic heterocycles. The number of rotatable bonds is 3. The van der Waals surface area contributed by atoms with Gasteiger partial charge in [-0.05, 0) is 30.9 Å². The molecular weight excluding hydrogens is 364 g/mol. The minimum atomic E-state index is -0.348. The van der Waals surface area contributed by atoms with Gasteiger partial charge in [0.15, 0.2) is 5.82 Å². The zero-order valence-electron chi connectivity index (χ0n) is 16.3. The highest BCUT2D eigenvalue weighted by molar-refractivity contribution is 5.55. The Hall–Kier alpha value is -2.83. The molecule has 0 radical (unpaired) electrons. The molecule has 0 aliphatic carbocycles. The summed E-state index contributed by atoms with van der Waals surface area (Å²) >= 11 is 0. The molecule has 0 saturated carbocycles. The molecule has 0 bridgehead atoms. The number of likely N-dealkylation sites (tertiary alicyclic amines) is 1. The summed E-state index contributed by atoms with van der Waals surface area (Å²) in [5.41, 5.74) is 3.73. The topological polar surface area (TPSA) is 71.1 Å². The van der Waals surface area contributed by atoms with Crippen LogP contribution in [0, 0.1) is 0 Å². The van der Waals surface area contributed by atoms with Crippen LogP contribution in [0.15, 0.2) is 59.7 Å². The van der Waals surface area contributed by atoms with Crippen LogP contribution in [-0.2, 0) is 23.3 Å². The Bertz CT molecular complexity index is 1060. The molecule has 4 heterocycles. The van der Waals surface area contributed by atoms with Crippen molar-refractivity contribution in [2.75, 3.05) is 19.7 Å². The molecule has 6 nitrogen and oxygen atoms in total. The predicted octanol–water partition coefficient (Wildman–Crippen LogP) is 2.90. The van der Waals surface area contributed by atoms with Gasteiger partial charge in [-0.15, -0.1) is 0 Å². The van der Waals surface area contributed by atoms with Gasteiger partial charge in [-0.2, -0.15) is 0 Å². The van der Waals surface area contributed by atoms with E-state index in [0.29, 0.717) is 13.2 Å². The highest BCUT2D eigenvalue weighted by atomic mass is 16.5. The number of piperidine rings is 1. The third-order valence-corrected chi connectivity index (χ3v) is 6.04. The molecule has 6 heteroatoms. The first-order valence-corrected chi connectivity index (χ1v) is 10.2. The molecule has 1 spiro atoms. The van der Waals surface area contributed by atoms with E-state index in [2.05, 4.69) is 14.9 Å². The summed E-state index contributed by atoms with van der Waals surface area (Å²) in [6.07, 6.45) is 6.25. The van der Waals surface area contributed by atoms with E-state index in [0.717, 1.165) is 55.0 Å². The Labute approximate surface area is 169 Å². The number of ether oxygens (including phenoxy) is 1. The molecule has 1 fully saturated rings. The Kier molecular flexibility index (Phi) is 4.73. The summed E-state index contributed by atoms with van der Waals surface area (Å²) in [6, 6.07) is 13.9. The van der Waals surface area contributed by atoms with Crippen LogP contribution in [0.25, 0.3) is 11.4 Å². The number of aromatic nitrogens is 3. The number of benzene rings is 1. The zero-order chi connectivity index (χ0) is 19.7. The molecule has 5 rings (SSSR count). The van der Waals surface area contributed by atoms with Gasteiger partial charge in [-0.3, -0.25) is 9.69 Å². The first-order chi connectivity index (χ1) is 14.2. The molecule has 29 heavy (non-hydrogen) atoms. The van der Waals surface area contributed by atoms with E-state index in [1.807, 2.05) is 48.7 Å². The van der Waals surface area contributed by atoms with Crippen molar-refractivity contribution in [3.05, 3.63) is 82.0 Å². The predicted molar refractivity (Wildman–Crippen MR) is 110 cm³/mol. The lowest BCUT2D eigenvalue weighted by Gasteiger charge is -2.44. The van der Waals surface area contributed by atoms with E-state index in [-0.39, 0.29) is 11.2 Å². The molecule has 2 aromatic heterocycles. The highest BCUT2D eigenvalue weighted by Crippen LogP contribution is 2.41. The standard InChI is InChI=1S/C23H24N4O2/c28-22-19(7-4-11-24-22)16-27-12-9-23(10-13-27)20-18(8-14-29-23)15-25-21(26-20)17-5-2-1-3-6-17/h1-7,11,15H,8-10,12-14,16H2,(H,24,28). The number of hydrogen-bond acceptors (Lipinski definition) is 5. The quantitative estimate of drug-likeness (QED) is 0.747. The number of nitrogens with one attached hydrogen (secondary N) is 1. The summed E-state index contributed by atoms with van der Waals surface area (Å²) in [5.74, 6) is 0.757. The second kappa shape index (κ2) is 7.54. The van der Waals surface area contributed by atoms with Gasteiger partial charge in [0.2, 0.25) is 0 Å². The monoisotopic (exact) mass is 388 g/mol. The van der Waals surface area contributed by atoms with E-state index in [1.54, 1.807) is 6.20 Å². The van der Waals surface area contributed by atoms with E-state index in [1.165, 1.54) is 5.56 Å². The molecule has 1 aromatic carbocycles. The summed E-state index contributed by atoms with van der Waals surface area (Å²) in [6.45, 7) is 3.12. The zero-order valence-corrected chi connectivity index (χ0v) is 16.3. The minimum Gasteiger partial charge on any atom is -0.368 e. The largest absolute Gasteiger partial charge is 0.368 e. The number of H-pyrrole nitrogens is 1. The van der Waals surface area contributed by atoms with Crippen LogP contribution in [0.2, 0.25) is 0 Å². The number of fused-ring (bicyclic) bond motifs is 2. The van der Waals surface area contributed by atoms with Gasteiger partial charge in [-0.1, -0.05) is 36.4 Å². The third-order valence-electron chi connectivity index (χ3n) is 6.04. The van der Waals surface area contributed by atoms with Gasteiger partial charge < -0.3 is 9.72 Å². The Morgan fingerprint density at radius 3 is 2.72 bits per heavy atom. The molecule has 1 N–H and O–H groups in total. The van der Waals surface area contributed by atoms with Gasteiger partial charge >= 0.3 is 0 Å². The maximum absolute atomic E-state index is 12.0. The van der Waals surface area contributed by atoms with Crippen LogP contribution >= 0.6 is 0 Å². The van der Waals surface area contributed by atoms with Crippen molar-refractivity contribution < 1.29 is 4.74 Å². The van der Waals surface area contributed by atoms with Crippen molar-refractivity contribution in [2.24, 2.45) is 0 Å². The molecule has 2 aliphatic rings. The van der Waals surface area contributed by atoms with Crippen LogP contribution in [-0.4, -0.2) is 39.5 Å². The van der Waals surface area contributed by atoms with Gasteiger partial charge in [0.05, 0.1) is 12.3 Å². The fourth-order valence-electron chi connectivity index (χ4n) is 4.41. The van der Waals surface area contributed by atoms with Gasteiger partial charge in [-0.25, -0.2) is 9.97 Å². The van der Waals surface area contributed by atoms with Crippen LogP contribution in [0.4, 0.5) is 0 Å². The average molecular weight is 388 g/mol. The number of aromatic amines is 1. The van der Waals surface area contributed by atoms with Crippen molar-refractivity contribution in [1.82, 2.24) is 19.9 Å². The first kappa shape index (κ1) is 18.2. The molecular formula is C23H24N4O2. The molecule has 3 aromatic rings. The lowest BCUT2D eigenvalue weighted by Crippen LogP contribution is -2.47. The summed E-state index contributed by atoms with van der Waals surface area (Å²) < 4.78 is 6.36. The first-order valence-electron chi connectivity index (χ1n) is 10.2. The maximum atomic E-state index is 12.0. The molecule has 0 unspecified atom stereocenters. The van der Waals surface area contributed by atoms with Crippen molar-refractivity contribution >= 4 is 0 Å². The smallest absolute Gasteiger partial charge is 0.252 e. The SMILES string of the molecule is O=c1[nH]cccc1CN1CCC2(CC1)OCCc1cnc(-c3ccccc3)nc12. The van der Waals surface area contributed by atoms with Gasteiger partial charge in [0.25, 0.3) is 5.56 Å². The summed E-state index contributed by atoms with van der Waals surface area (Å²) in [5, 5.41) is 0. The minimum absolute atomic E-state index is 0.00714. The number of pyridine rings is 1. The van der Waals surface area contributed by atoms with Crippen molar-refractivity contribution in [3.8, 4) is 11.4 Å². The second-order valence-electron chi connectivity index (χ2n) is 7.83. The van der Waals surface area contributed by atoms with Crippen LogP contribution < -0.4 is 5.56 Å². The molecule has 148 valence electrons. The lowest BCUT2D eigenvalue weighted by atomic mass is 9.83. The number of hydrogen-bond donors (Lipinski definition) is 1. The number of nitrogens with zero attached hydrogens (tertiary/aromatic N) is 3. The summed E-state index contributed by atoms with van der Waals surface area (Å²) in [4.78, 5) is 26.7. The average Bonchev–Trinajstić information content (AvgIpc) is 2.78. The fourth-order valence-corrected chi connectivity index (χ4v) is 4.41.